The van der Waals surface area contributed by atoms with Crippen molar-refractivity contribution in [3.8, 4) is 5.75 Å². The fourth-order valence-corrected chi connectivity index (χ4v) is 2.24. The number of hydrogen-bond acceptors (Lipinski definition) is 3. The Morgan fingerprint density at radius 3 is 2.74 bits per heavy atom. The van der Waals surface area contributed by atoms with Crippen LogP contribution in [0.3, 0.4) is 0 Å². The molecule has 1 aliphatic heterocycles. The summed E-state index contributed by atoms with van der Waals surface area (Å²) < 4.78 is 43.9. The van der Waals surface area contributed by atoms with Crippen LogP contribution in [0.5, 0.6) is 5.75 Å². The first-order valence-corrected chi connectivity index (χ1v) is 6.18. The highest BCUT2D eigenvalue weighted by Gasteiger charge is 2.41. The van der Waals surface area contributed by atoms with E-state index in [0.717, 1.165) is 0 Å². The summed E-state index contributed by atoms with van der Waals surface area (Å²) in [6.45, 7) is 0.990. The van der Waals surface area contributed by atoms with Crippen LogP contribution in [0.25, 0.3) is 0 Å². The van der Waals surface area contributed by atoms with Crippen molar-refractivity contribution in [2.24, 2.45) is 5.92 Å². The number of nitrogens with one attached hydrogen (secondary N) is 1. The molecule has 1 unspecified atom stereocenters. The number of benzene rings is 1. The third-order valence-corrected chi connectivity index (χ3v) is 3.28. The molecular weight excluding hydrogens is 257 g/mol. The minimum absolute atomic E-state index is 0.0326. The Kier molecular flexibility index (Phi) is 4.19. The van der Waals surface area contributed by atoms with E-state index in [0.29, 0.717) is 24.5 Å². The van der Waals surface area contributed by atoms with Crippen LogP contribution in [0, 0.1) is 5.92 Å². The number of rotatable bonds is 2. The molecule has 1 aromatic carbocycles. The molecule has 0 radical (unpaired) electrons. The molecule has 19 heavy (non-hydrogen) atoms. The first-order chi connectivity index (χ1) is 9.02. The second kappa shape index (κ2) is 5.69. The number of alkyl halides is 3. The van der Waals surface area contributed by atoms with Crippen LogP contribution in [0.15, 0.2) is 24.3 Å². The zero-order valence-electron chi connectivity index (χ0n) is 10.7. The summed E-state index contributed by atoms with van der Waals surface area (Å²) in [5.74, 6) is -0.759. The van der Waals surface area contributed by atoms with E-state index in [-0.39, 0.29) is 13.1 Å². The van der Waals surface area contributed by atoms with Crippen LogP contribution in [0.1, 0.15) is 0 Å². The molecule has 1 heterocycles. The van der Waals surface area contributed by atoms with Gasteiger partial charge in [0.1, 0.15) is 5.75 Å². The maximum Gasteiger partial charge on any atom is 0.394 e. The second-order valence-electron chi connectivity index (χ2n) is 4.56. The highest BCUT2D eigenvalue weighted by Crippen LogP contribution is 2.32. The topological polar surface area (TPSA) is 24.5 Å². The fourth-order valence-electron chi connectivity index (χ4n) is 2.24. The van der Waals surface area contributed by atoms with Crippen LogP contribution < -0.4 is 15.0 Å². The first-order valence-electron chi connectivity index (χ1n) is 6.18. The number of hydrogen-bond donors (Lipinski definition) is 1. The summed E-state index contributed by atoms with van der Waals surface area (Å²) in [5, 5.41) is 2.84. The van der Waals surface area contributed by atoms with E-state index >= 15 is 0 Å². The van der Waals surface area contributed by atoms with Gasteiger partial charge in [0.15, 0.2) is 0 Å². The predicted octanol–water partition coefficient (Wildman–Crippen LogP) is 2.28. The predicted molar refractivity (Wildman–Crippen MR) is 67.6 cm³/mol. The van der Waals surface area contributed by atoms with Gasteiger partial charge < -0.3 is 15.0 Å². The Balaban J connectivity index is 2.23. The Morgan fingerprint density at radius 1 is 1.32 bits per heavy atom. The Bertz CT molecular complexity index is 423. The van der Waals surface area contributed by atoms with Gasteiger partial charge in [-0.3, -0.25) is 0 Å². The number of nitrogens with zero attached hydrogens (tertiary/aromatic N) is 1. The molecule has 1 N–H and O–H groups in total. The summed E-state index contributed by atoms with van der Waals surface area (Å²) in [7, 11) is 1.52. The van der Waals surface area contributed by atoms with Crippen LogP contribution in [0.4, 0.5) is 18.9 Å². The third kappa shape index (κ3) is 3.32. The van der Waals surface area contributed by atoms with Crippen molar-refractivity contribution in [1.82, 2.24) is 5.32 Å². The number of anilines is 1. The lowest BCUT2D eigenvalue weighted by molar-refractivity contribution is -0.169. The summed E-state index contributed by atoms with van der Waals surface area (Å²) >= 11 is 0. The SMILES string of the molecule is COc1ccccc1N1CCNCC(C(F)(F)F)C1. The van der Waals surface area contributed by atoms with Crippen LogP contribution in [0.2, 0.25) is 0 Å². The van der Waals surface area contributed by atoms with Crippen molar-refractivity contribution >= 4 is 5.69 Å². The van der Waals surface area contributed by atoms with Gasteiger partial charge >= 0.3 is 6.18 Å². The second-order valence-corrected chi connectivity index (χ2v) is 4.56. The molecule has 1 aliphatic rings. The van der Waals surface area contributed by atoms with E-state index in [4.69, 9.17) is 4.74 Å². The van der Waals surface area contributed by atoms with Gasteiger partial charge in [0, 0.05) is 26.2 Å². The maximum atomic E-state index is 12.9. The fraction of sp³-hybridized carbons (Fsp3) is 0.538. The van der Waals surface area contributed by atoms with Gasteiger partial charge in [-0.25, -0.2) is 0 Å². The molecule has 0 aliphatic carbocycles. The average molecular weight is 274 g/mol. The van der Waals surface area contributed by atoms with E-state index < -0.39 is 12.1 Å². The van der Waals surface area contributed by atoms with Crippen molar-refractivity contribution in [3.63, 3.8) is 0 Å². The molecule has 0 saturated carbocycles. The molecular formula is C13H17F3N2O. The average Bonchev–Trinajstić information content (AvgIpc) is 2.64. The van der Waals surface area contributed by atoms with E-state index in [1.165, 1.54) is 7.11 Å². The van der Waals surface area contributed by atoms with E-state index in [1.807, 2.05) is 0 Å². The van der Waals surface area contributed by atoms with Crippen molar-refractivity contribution in [1.29, 1.82) is 0 Å². The number of methoxy groups -OCH3 is 1. The zero-order valence-corrected chi connectivity index (χ0v) is 10.7. The molecule has 0 bridgehead atoms. The van der Waals surface area contributed by atoms with E-state index in [2.05, 4.69) is 5.32 Å². The van der Waals surface area contributed by atoms with Crippen LogP contribution >= 0.6 is 0 Å². The minimum atomic E-state index is -4.18. The Hall–Kier alpha value is -1.43. The summed E-state index contributed by atoms with van der Waals surface area (Å²) in [5.41, 5.74) is 0.711. The Morgan fingerprint density at radius 2 is 2.05 bits per heavy atom. The van der Waals surface area contributed by atoms with Gasteiger partial charge in [-0.15, -0.1) is 0 Å². The highest BCUT2D eigenvalue weighted by molar-refractivity contribution is 5.58. The normalized spacial score (nSPS) is 21.1. The molecule has 1 saturated heterocycles. The summed E-state index contributed by atoms with van der Waals surface area (Å²) in [6.07, 6.45) is -4.18. The van der Waals surface area contributed by atoms with E-state index in [9.17, 15) is 13.2 Å². The molecule has 1 atom stereocenters. The quantitative estimate of drug-likeness (QED) is 0.895. The summed E-state index contributed by atoms with van der Waals surface area (Å²) in [6, 6.07) is 7.16. The van der Waals surface area contributed by atoms with Crippen molar-refractivity contribution in [3.05, 3.63) is 24.3 Å². The van der Waals surface area contributed by atoms with Gasteiger partial charge in [-0.05, 0) is 12.1 Å². The molecule has 2 rings (SSSR count). The van der Waals surface area contributed by atoms with Gasteiger partial charge in [0.25, 0.3) is 0 Å². The van der Waals surface area contributed by atoms with Gasteiger partial charge in [0.05, 0.1) is 18.7 Å². The number of ether oxygens (including phenoxy) is 1. The Labute approximate surface area is 110 Å². The van der Waals surface area contributed by atoms with Crippen molar-refractivity contribution in [2.45, 2.75) is 6.18 Å². The molecule has 3 nitrogen and oxygen atoms in total. The largest absolute Gasteiger partial charge is 0.495 e. The third-order valence-electron chi connectivity index (χ3n) is 3.28. The molecule has 106 valence electrons. The van der Waals surface area contributed by atoms with E-state index in [1.54, 1.807) is 29.2 Å². The number of para-hydroxylation sites is 2. The lowest BCUT2D eigenvalue weighted by Gasteiger charge is -2.28. The lowest BCUT2D eigenvalue weighted by Crippen LogP contribution is -2.38. The van der Waals surface area contributed by atoms with Crippen molar-refractivity contribution in [2.75, 3.05) is 38.2 Å². The van der Waals surface area contributed by atoms with Gasteiger partial charge in [-0.2, -0.15) is 13.2 Å². The maximum absolute atomic E-state index is 12.9. The number of halogens is 3. The minimum Gasteiger partial charge on any atom is -0.495 e. The highest BCUT2D eigenvalue weighted by atomic mass is 19.4. The zero-order chi connectivity index (χ0) is 13.9. The molecule has 0 amide bonds. The first kappa shape index (κ1) is 14.0. The smallest absolute Gasteiger partial charge is 0.394 e. The molecule has 6 heteroatoms. The molecule has 0 spiro atoms. The van der Waals surface area contributed by atoms with Crippen LogP contribution in [-0.2, 0) is 0 Å². The lowest BCUT2D eigenvalue weighted by atomic mass is 10.1. The van der Waals surface area contributed by atoms with Crippen molar-refractivity contribution < 1.29 is 17.9 Å². The van der Waals surface area contributed by atoms with Gasteiger partial charge in [0.2, 0.25) is 0 Å². The monoisotopic (exact) mass is 274 g/mol. The molecule has 0 aromatic heterocycles. The molecule has 1 aromatic rings. The van der Waals surface area contributed by atoms with Gasteiger partial charge in [-0.1, -0.05) is 12.1 Å². The van der Waals surface area contributed by atoms with Crippen LogP contribution in [-0.4, -0.2) is 39.5 Å². The standard InChI is InChI=1S/C13H17F3N2O/c1-19-12-5-3-2-4-11(12)18-7-6-17-8-10(9-18)13(14,15)16/h2-5,10,17H,6-9H2,1H3. The summed E-state index contributed by atoms with van der Waals surface area (Å²) in [4.78, 5) is 1.73. The molecule has 1 fully saturated rings.